The molecule has 0 atom stereocenters. The Labute approximate surface area is 125 Å². The van der Waals surface area contributed by atoms with Crippen molar-refractivity contribution < 1.29 is 10.4 Å². The van der Waals surface area contributed by atoms with Gasteiger partial charge in [0.15, 0.2) is 0 Å². The highest BCUT2D eigenvalue weighted by molar-refractivity contribution is 6.35. The minimum Gasteiger partial charge on any atom is -0.871 e. The molecular formula is C15H21Cl2NO. The van der Waals surface area contributed by atoms with Gasteiger partial charge in [0.25, 0.3) is 0 Å². The lowest BCUT2D eigenvalue weighted by Crippen LogP contribution is -2.88. The topological polar surface area (TPSA) is 39.7 Å². The molecule has 0 spiro atoms. The van der Waals surface area contributed by atoms with Crippen molar-refractivity contribution in [2.75, 3.05) is 0 Å². The van der Waals surface area contributed by atoms with E-state index in [2.05, 4.69) is 5.32 Å². The lowest BCUT2D eigenvalue weighted by Gasteiger charge is -2.20. The fourth-order valence-corrected chi connectivity index (χ4v) is 3.32. The van der Waals surface area contributed by atoms with Gasteiger partial charge in [0.2, 0.25) is 0 Å². The Morgan fingerprint density at radius 1 is 1.05 bits per heavy atom. The average Bonchev–Trinajstić information content (AvgIpc) is 2.33. The Kier molecular flexibility index (Phi) is 5.80. The molecule has 0 heterocycles. The predicted octanol–water partition coefficient (Wildman–Crippen LogP) is 3.24. The van der Waals surface area contributed by atoms with Crippen molar-refractivity contribution in [2.24, 2.45) is 0 Å². The minimum atomic E-state index is -0.0758. The molecule has 0 saturated heterocycles. The highest BCUT2D eigenvalue weighted by atomic mass is 35.5. The number of hydrogen-bond acceptors (Lipinski definition) is 1. The third-order valence-electron chi connectivity index (χ3n) is 3.91. The van der Waals surface area contributed by atoms with Gasteiger partial charge in [-0.2, -0.15) is 0 Å². The van der Waals surface area contributed by atoms with Crippen molar-refractivity contribution in [3.05, 3.63) is 27.7 Å². The number of halogens is 2. The molecule has 0 bridgehead atoms. The van der Waals surface area contributed by atoms with Gasteiger partial charge < -0.3 is 10.4 Å². The van der Waals surface area contributed by atoms with Gasteiger partial charge in [-0.05, 0) is 37.8 Å². The number of benzene rings is 1. The fraction of sp³-hybridized carbons (Fsp3) is 0.600. The van der Waals surface area contributed by atoms with Crippen molar-refractivity contribution >= 4 is 23.2 Å². The third-order valence-corrected chi connectivity index (χ3v) is 4.41. The van der Waals surface area contributed by atoms with Gasteiger partial charge in [-0.3, -0.25) is 0 Å². The van der Waals surface area contributed by atoms with E-state index >= 15 is 0 Å². The second-order valence-corrected chi connectivity index (χ2v) is 6.26. The highest BCUT2D eigenvalue weighted by Gasteiger charge is 2.14. The first kappa shape index (κ1) is 15.0. The second-order valence-electron chi connectivity index (χ2n) is 5.42. The summed E-state index contributed by atoms with van der Waals surface area (Å²) < 4.78 is 0. The maximum atomic E-state index is 11.9. The van der Waals surface area contributed by atoms with E-state index in [-0.39, 0.29) is 10.8 Å². The smallest absolute Gasteiger partial charge is 0.101 e. The first-order valence-corrected chi connectivity index (χ1v) is 7.90. The maximum Gasteiger partial charge on any atom is 0.101 e. The quantitative estimate of drug-likeness (QED) is 0.914. The first-order valence-electron chi connectivity index (χ1n) is 7.15. The monoisotopic (exact) mass is 301 g/mol. The lowest BCUT2D eigenvalue weighted by molar-refractivity contribution is -0.706. The SMILES string of the molecule is [O-]c1c(Cl)cc(Cl)cc1C[NH2+]C1CCCCCCC1. The van der Waals surface area contributed by atoms with Crippen LogP contribution in [0.25, 0.3) is 0 Å². The first-order chi connectivity index (χ1) is 9.16. The summed E-state index contributed by atoms with van der Waals surface area (Å²) in [4.78, 5) is 0. The molecular weight excluding hydrogens is 281 g/mol. The van der Waals surface area contributed by atoms with Crippen molar-refractivity contribution in [1.82, 2.24) is 0 Å². The Morgan fingerprint density at radius 2 is 1.68 bits per heavy atom. The molecule has 1 aromatic rings. The molecule has 2 N–H and O–H groups in total. The van der Waals surface area contributed by atoms with Gasteiger partial charge in [0, 0.05) is 15.6 Å². The van der Waals surface area contributed by atoms with Gasteiger partial charge in [0.05, 0.1) is 6.04 Å². The molecule has 1 saturated carbocycles. The Hall–Kier alpha value is -0.440. The summed E-state index contributed by atoms with van der Waals surface area (Å²) in [7, 11) is 0. The maximum absolute atomic E-state index is 11.9. The highest BCUT2D eigenvalue weighted by Crippen LogP contribution is 2.28. The van der Waals surface area contributed by atoms with Gasteiger partial charge in [-0.15, -0.1) is 0 Å². The van der Waals surface area contributed by atoms with Crippen LogP contribution in [0.15, 0.2) is 12.1 Å². The summed E-state index contributed by atoms with van der Waals surface area (Å²) >= 11 is 11.8. The van der Waals surface area contributed by atoms with E-state index in [1.165, 1.54) is 51.0 Å². The van der Waals surface area contributed by atoms with Crippen LogP contribution >= 0.6 is 23.2 Å². The standard InChI is InChI=1S/C15H21Cl2NO/c16-12-8-11(15(19)14(17)9-12)10-18-13-6-4-2-1-3-5-7-13/h8-9,13,18-19H,1-7,10H2. The molecule has 106 valence electrons. The van der Waals surface area contributed by atoms with Crippen LogP contribution in [-0.4, -0.2) is 6.04 Å². The third kappa shape index (κ3) is 4.55. The van der Waals surface area contributed by atoms with Gasteiger partial charge in [-0.25, -0.2) is 0 Å². The lowest BCUT2D eigenvalue weighted by atomic mass is 9.96. The van der Waals surface area contributed by atoms with Crippen LogP contribution in [0.1, 0.15) is 50.5 Å². The largest absolute Gasteiger partial charge is 0.871 e. The molecule has 1 aromatic carbocycles. The van der Waals surface area contributed by atoms with Crippen LogP contribution in [0.2, 0.25) is 10.0 Å². The van der Waals surface area contributed by atoms with E-state index in [1.54, 1.807) is 6.07 Å². The zero-order valence-corrected chi connectivity index (χ0v) is 12.6. The molecule has 0 aromatic heterocycles. The number of hydrogen-bond donors (Lipinski definition) is 1. The van der Waals surface area contributed by atoms with Crippen LogP contribution in [0.4, 0.5) is 0 Å². The summed E-state index contributed by atoms with van der Waals surface area (Å²) in [6.45, 7) is 0.684. The number of nitrogens with two attached hydrogens (primary N) is 1. The van der Waals surface area contributed by atoms with Gasteiger partial charge in [0.1, 0.15) is 6.54 Å². The molecule has 1 fully saturated rings. The molecule has 1 aliphatic carbocycles. The van der Waals surface area contributed by atoms with Crippen LogP contribution in [-0.2, 0) is 6.54 Å². The Bertz CT molecular complexity index is 415. The zero-order chi connectivity index (χ0) is 13.7. The molecule has 2 rings (SSSR count). The molecule has 19 heavy (non-hydrogen) atoms. The van der Waals surface area contributed by atoms with Crippen molar-refractivity contribution in [1.29, 1.82) is 0 Å². The summed E-state index contributed by atoms with van der Waals surface area (Å²) in [5.41, 5.74) is 0.722. The van der Waals surface area contributed by atoms with Gasteiger partial charge in [-0.1, -0.05) is 48.2 Å². The fourth-order valence-electron chi connectivity index (χ4n) is 2.78. The normalized spacial score (nSPS) is 18.0. The number of rotatable bonds is 3. The number of quaternary nitrogens is 1. The summed E-state index contributed by atoms with van der Waals surface area (Å²) in [5, 5.41) is 15.0. The molecule has 0 unspecified atom stereocenters. The van der Waals surface area contributed by atoms with Crippen molar-refractivity contribution in [3.63, 3.8) is 0 Å². The predicted molar refractivity (Wildman–Crippen MR) is 77.6 cm³/mol. The van der Waals surface area contributed by atoms with Crippen molar-refractivity contribution in [2.45, 2.75) is 57.5 Å². The summed E-state index contributed by atoms with van der Waals surface area (Å²) in [6, 6.07) is 3.90. The van der Waals surface area contributed by atoms with E-state index in [1.807, 2.05) is 0 Å². The Balaban J connectivity index is 1.93. The molecule has 1 aliphatic rings. The van der Waals surface area contributed by atoms with E-state index in [4.69, 9.17) is 23.2 Å². The summed E-state index contributed by atoms with van der Waals surface area (Å²) in [6.07, 6.45) is 9.19. The molecule has 4 heteroatoms. The van der Waals surface area contributed by atoms with E-state index < -0.39 is 0 Å². The van der Waals surface area contributed by atoms with Crippen LogP contribution in [0, 0.1) is 0 Å². The van der Waals surface area contributed by atoms with E-state index in [9.17, 15) is 5.11 Å². The summed E-state index contributed by atoms with van der Waals surface area (Å²) in [5.74, 6) is -0.0758. The molecule has 2 nitrogen and oxygen atoms in total. The Morgan fingerprint density at radius 3 is 2.37 bits per heavy atom. The van der Waals surface area contributed by atoms with Gasteiger partial charge >= 0.3 is 0 Å². The van der Waals surface area contributed by atoms with E-state index in [0.717, 1.165) is 5.56 Å². The van der Waals surface area contributed by atoms with Crippen LogP contribution in [0.5, 0.6) is 5.75 Å². The minimum absolute atomic E-state index is 0.0758. The molecule has 0 amide bonds. The molecule has 0 radical (unpaired) electrons. The second kappa shape index (κ2) is 7.37. The van der Waals surface area contributed by atoms with Crippen molar-refractivity contribution in [3.8, 4) is 5.75 Å². The van der Waals surface area contributed by atoms with Crippen LogP contribution < -0.4 is 10.4 Å². The van der Waals surface area contributed by atoms with Crippen LogP contribution in [0.3, 0.4) is 0 Å². The molecule has 0 aliphatic heterocycles. The van der Waals surface area contributed by atoms with E-state index in [0.29, 0.717) is 17.6 Å². The zero-order valence-electron chi connectivity index (χ0n) is 11.1. The average molecular weight is 302 g/mol.